The average Bonchev–Trinajstić information content (AvgIpc) is 2.98. The zero-order valence-corrected chi connectivity index (χ0v) is 13.2. The standard InChI is InChI=1S/C19H22N2O/c1-19(2)14-21(12-15-7-4-3-5-8-15)13-16(18(19)22)11-17-9-6-10-20-17/h3-11,20H,12-14H2,1-2H3/b16-11+. The van der Waals surface area contributed by atoms with Crippen LogP contribution in [0.25, 0.3) is 6.08 Å². The summed E-state index contributed by atoms with van der Waals surface area (Å²) in [5, 5.41) is 0. The summed E-state index contributed by atoms with van der Waals surface area (Å²) in [5.74, 6) is 0.256. The molecule has 1 N–H and O–H groups in total. The van der Waals surface area contributed by atoms with Crippen LogP contribution in [-0.4, -0.2) is 28.8 Å². The normalized spacial score (nSPS) is 20.5. The second-order valence-corrected chi connectivity index (χ2v) is 6.64. The van der Waals surface area contributed by atoms with Gasteiger partial charge in [-0.3, -0.25) is 9.69 Å². The Morgan fingerprint density at radius 1 is 1.18 bits per heavy atom. The van der Waals surface area contributed by atoms with E-state index < -0.39 is 0 Å². The Morgan fingerprint density at radius 2 is 1.95 bits per heavy atom. The zero-order chi connectivity index (χ0) is 15.6. The number of nitrogens with one attached hydrogen (secondary N) is 1. The van der Waals surface area contributed by atoms with Crippen LogP contribution in [0.2, 0.25) is 0 Å². The molecule has 0 radical (unpaired) electrons. The van der Waals surface area contributed by atoms with Crippen LogP contribution >= 0.6 is 0 Å². The van der Waals surface area contributed by atoms with Gasteiger partial charge >= 0.3 is 0 Å². The maximum absolute atomic E-state index is 12.7. The molecule has 1 aromatic carbocycles. The third-order valence-electron chi connectivity index (χ3n) is 4.12. The molecule has 3 heteroatoms. The van der Waals surface area contributed by atoms with Gasteiger partial charge in [-0.05, 0) is 23.8 Å². The van der Waals surface area contributed by atoms with Crippen LogP contribution in [0.3, 0.4) is 0 Å². The summed E-state index contributed by atoms with van der Waals surface area (Å²) in [5.41, 5.74) is 2.81. The van der Waals surface area contributed by atoms with Gasteiger partial charge in [-0.25, -0.2) is 0 Å². The van der Waals surface area contributed by atoms with Gasteiger partial charge in [-0.1, -0.05) is 44.2 Å². The summed E-state index contributed by atoms with van der Waals surface area (Å²) < 4.78 is 0. The molecule has 1 aromatic heterocycles. The van der Waals surface area contributed by atoms with Crippen molar-refractivity contribution >= 4 is 11.9 Å². The SMILES string of the molecule is CC1(C)CN(Cc2ccccc2)C/C(=C\c2ccc[nH]2)C1=O. The van der Waals surface area contributed by atoms with Gasteiger partial charge in [0.05, 0.1) is 0 Å². The van der Waals surface area contributed by atoms with E-state index in [0.29, 0.717) is 6.54 Å². The number of likely N-dealkylation sites (tertiary alicyclic amines) is 1. The second-order valence-electron chi connectivity index (χ2n) is 6.64. The van der Waals surface area contributed by atoms with Crippen molar-refractivity contribution in [3.63, 3.8) is 0 Å². The number of benzene rings is 1. The molecule has 22 heavy (non-hydrogen) atoms. The van der Waals surface area contributed by atoms with Crippen molar-refractivity contribution in [1.29, 1.82) is 0 Å². The first-order valence-electron chi connectivity index (χ1n) is 7.70. The molecule has 1 aliphatic heterocycles. The maximum atomic E-state index is 12.7. The molecule has 2 aromatic rings. The van der Waals surface area contributed by atoms with Crippen molar-refractivity contribution in [1.82, 2.24) is 9.88 Å². The van der Waals surface area contributed by atoms with E-state index in [4.69, 9.17) is 0 Å². The number of carbonyl (C=O) groups excluding carboxylic acids is 1. The van der Waals surface area contributed by atoms with Gasteiger partial charge in [-0.15, -0.1) is 0 Å². The quantitative estimate of drug-likeness (QED) is 0.879. The van der Waals surface area contributed by atoms with Crippen LogP contribution in [0.15, 0.2) is 54.2 Å². The highest BCUT2D eigenvalue weighted by atomic mass is 16.1. The second kappa shape index (κ2) is 5.93. The molecule has 3 nitrogen and oxygen atoms in total. The molecule has 2 heterocycles. The van der Waals surface area contributed by atoms with E-state index in [1.165, 1.54) is 5.56 Å². The summed E-state index contributed by atoms with van der Waals surface area (Å²) in [6.45, 7) is 6.45. The van der Waals surface area contributed by atoms with Gasteiger partial charge in [0.25, 0.3) is 0 Å². The van der Waals surface area contributed by atoms with Gasteiger partial charge in [0.1, 0.15) is 0 Å². The number of hydrogen-bond acceptors (Lipinski definition) is 2. The number of rotatable bonds is 3. The lowest BCUT2D eigenvalue weighted by Crippen LogP contribution is -2.47. The van der Waals surface area contributed by atoms with Crippen LogP contribution in [0.4, 0.5) is 0 Å². The smallest absolute Gasteiger partial charge is 0.167 e. The Morgan fingerprint density at radius 3 is 2.64 bits per heavy atom. The number of Topliss-reactive ketones (excluding diaryl/α,β-unsaturated/α-hetero) is 1. The highest BCUT2D eigenvalue weighted by Crippen LogP contribution is 2.30. The Bertz CT molecular complexity index is 669. The molecule has 3 rings (SSSR count). The van der Waals surface area contributed by atoms with Crippen molar-refractivity contribution in [2.24, 2.45) is 5.41 Å². The summed E-state index contributed by atoms with van der Waals surface area (Å²) in [7, 11) is 0. The fourth-order valence-corrected chi connectivity index (χ4v) is 3.12. The number of aromatic amines is 1. The van der Waals surface area contributed by atoms with Gasteiger partial charge in [0, 0.05) is 42.5 Å². The first-order valence-corrected chi connectivity index (χ1v) is 7.70. The van der Waals surface area contributed by atoms with E-state index in [2.05, 4.69) is 34.1 Å². The first kappa shape index (κ1) is 14.8. The number of piperidine rings is 1. The summed E-state index contributed by atoms with van der Waals surface area (Å²) in [6, 6.07) is 14.4. The number of carbonyl (C=O) groups is 1. The average molecular weight is 294 g/mol. The van der Waals surface area contributed by atoms with E-state index in [1.54, 1.807) is 0 Å². The fraction of sp³-hybridized carbons (Fsp3) is 0.316. The molecule has 0 unspecified atom stereocenters. The summed E-state index contributed by atoms with van der Waals surface area (Å²) >= 11 is 0. The summed E-state index contributed by atoms with van der Waals surface area (Å²) in [4.78, 5) is 18.2. The molecule has 0 amide bonds. The molecule has 0 atom stereocenters. The van der Waals surface area contributed by atoms with E-state index in [-0.39, 0.29) is 11.2 Å². The van der Waals surface area contributed by atoms with Gasteiger partial charge in [0.15, 0.2) is 5.78 Å². The van der Waals surface area contributed by atoms with Crippen molar-refractivity contribution in [2.75, 3.05) is 13.1 Å². The molecule has 0 saturated carbocycles. The zero-order valence-electron chi connectivity index (χ0n) is 13.2. The Hall–Kier alpha value is -2.13. The van der Waals surface area contributed by atoms with Crippen LogP contribution in [0, 0.1) is 5.41 Å². The van der Waals surface area contributed by atoms with E-state index >= 15 is 0 Å². The first-order chi connectivity index (χ1) is 10.5. The monoisotopic (exact) mass is 294 g/mol. The third kappa shape index (κ3) is 3.20. The summed E-state index contributed by atoms with van der Waals surface area (Å²) in [6.07, 6.45) is 3.87. The minimum Gasteiger partial charge on any atom is -0.362 e. The van der Waals surface area contributed by atoms with Crippen LogP contribution in [0.5, 0.6) is 0 Å². The number of nitrogens with zero attached hydrogens (tertiary/aromatic N) is 1. The van der Waals surface area contributed by atoms with Gasteiger partial charge < -0.3 is 4.98 Å². The molecule has 0 bridgehead atoms. The number of H-pyrrole nitrogens is 1. The van der Waals surface area contributed by atoms with Crippen molar-refractivity contribution in [3.05, 3.63) is 65.5 Å². The number of ketones is 1. The number of aromatic nitrogens is 1. The highest BCUT2D eigenvalue weighted by Gasteiger charge is 2.37. The van der Waals surface area contributed by atoms with Crippen LogP contribution in [-0.2, 0) is 11.3 Å². The van der Waals surface area contributed by atoms with Crippen molar-refractivity contribution in [2.45, 2.75) is 20.4 Å². The van der Waals surface area contributed by atoms with E-state index in [0.717, 1.165) is 24.4 Å². The molecule has 0 spiro atoms. The van der Waals surface area contributed by atoms with Crippen molar-refractivity contribution < 1.29 is 4.79 Å². The maximum Gasteiger partial charge on any atom is 0.167 e. The molecular weight excluding hydrogens is 272 g/mol. The van der Waals surface area contributed by atoms with Gasteiger partial charge in [0.2, 0.25) is 0 Å². The molecule has 1 aliphatic rings. The fourth-order valence-electron chi connectivity index (χ4n) is 3.12. The lowest BCUT2D eigenvalue weighted by atomic mass is 9.79. The van der Waals surface area contributed by atoms with Crippen LogP contribution < -0.4 is 0 Å². The predicted octanol–water partition coefficient (Wildman–Crippen LogP) is 3.51. The number of hydrogen-bond donors (Lipinski definition) is 1. The Balaban J connectivity index is 1.83. The van der Waals surface area contributed by atoms with Gasteiger partial charge in [-0.2, -0.15) is 0 Å². The lowest BCUT2D eigenvalue weighted by Gasteiger charge is -2.38. The topological polar surface area (TPSA) is 36.1 Å². The van der Waals surface area contributed by atoms with Crippen molar-refractivity contribution in [3.8, 4) is 0 Å². The molecule has 1 saturated heterocycles. The molecular formula is C19H22N2O. The largest absolute Gasteiger partial charge is 0.362 e. The predicted molar refractivity (Wildman–Crippen MR) is 89.3 cm³/mol. The van der Waals surface area contributed by atoms with E-state index in [1.807, 2.05) is 44.3 Å². The van der Waals surface area contributed by atoms with Crippen LogP contribution in [0.1, 0.15) is 25.1 Å². The molecule has 0 aliphatic carbocycles. The Labute approximate surface area is 131 Å². The molecule has 1 fully saturated rings. The highest BCUT2D eigenvalue weighted by molar-refractivity contribution is 6.04. The lowest BCUT2D eigenvalue weighted by molar-refractivity contribution is -0.126. The Kier molecular flexibility index (Phi) is 3.99. The van der Waals surface area contributed by atoms with E-state index in [9.17, 15) is 4.79 Å². The minimum absolute atomic E-state index is 0.256. The third-order valence-corrected chi connectivity index (χ3v) is 4.12. The minimum atomic E-state index is -0.342. The molecule has 114 valence electrons.